The van der Waals surface area contributed by atoms with Crippen molar-refractivity contribution in [2.45, 2.75) is 13.0 Å². The lowest BCUT2D eigenvalue weighted by Gasteiger charge is -2.14. The number of halogens is 1. The van der Waals surface area contributed by atoms with E-state index in [1.54, 1.807) is 24.3 Å². The van der Waals surface area contributed by atoms with Crippen molar-refractivity contribution in [3.8, 4) is 11.5 Å². The molecule has 1 saturated heterocycles. The lowest BCUT2D eigenvalue weighted by Crippen LogP contribution is -2.28. The molecule has 1 saturated carbocycles. The van der Waals surface area contributed by atoms with E-state index in [4.69, 9.17) is 21.1 Å². The zero-order valence-corrected chi connectivity index (χ0v) is 18.8. The number of benzene rings is 2. The molecule has 10 heteroatoms. The smallest absolute Gasteiger partial charge is 0.269 e. The third-order valence-corrected chi connectivity index (χ3v) is 6.81. The highest BCUT2D eigenvalue weighted by atomic mass is 35.5. The Bertz CT molecular complexity index is 1230. The molecule has 9 nitrogen and oxygen atoms in total. The Morgan fingerprint density at radius 3 is 2.53 bits per heavy atom. The van der Waals surface area contributed by atoms with Gasteiger partial charge in [-0.1, -0.05) is 35.9 Å². The number of hydrazone groups is 1. The van der Waals surface area contributed by atoms with Gasteiger partial charge in [-0.2, -0.15) is 10.1 Å². The maximum absolute atomic E-state index is 12.8. The van der Waals surface area contributed by atoms with Gasteiger partial charge in [0.15, 0.2) is 11.5 Å². The summed E-state index contributed by atoms with van der Waals surface area (Å²) in [5.41, 5.74) is 1.07. The average molecular weight is 482 g/mol. The molecule has 2 aliphatic carbocycles. The molecule has 2 aromatic rings. The Morgan fingerprint density at radius 1 is 1.18 bits per heavy atom. The third kappa shape index (κ3) is 3.71. The minimum atomic E-state index is -0.477. The molecule has 0 spiro atoms. The van der Waals surface area contributed by atoms with Crippen LogP contribution in [0.5, 0.6) is 11.5 Å². The zero-order chi connectivity index (χ0) is 24.0. The maximum Gasteiger partial charge on any atom is 0.269 e. The number of fused-ring (bicyclic) bond motifs is 5. The van der Waals surface area contributed by atoms with Crippen LogP contribution >= 0.6 is 11.6 Å². The Hall–Kier alpha value is -3.72. The highest BCUT2D eigenvalue weighted by Crippen LogP contribution is 2.52. The van der Waals surface area contributed by atoms with Crippen LogP contribution < -0.4 is 9.47 Å². The minimum absolute atomic E-state index is 0.0374. The number of nitrogens with zero attached hydrogens (tertiary/aromatic N) is 3. The molecule has 34 heavy (non-hydrogen) atoms. The number of rotatable bonds is 7. The number of methoxy groups -OCH3 is 1. The van der Waals surface area contributed by atoms with Crippen molar-refractivity contribution in [3.05, 3.63) is 74.8 Å². The van der Waals surface area contributed by atoms with Gasteiger partial charge >= 0.3 is 0 Å². The molecular weight excluding hydrogens is 462 g/mol. The summed E-state index contributed by atoms with van der Waals surface area (Å²) in [5, 5.41) is 16.3. The van der Waals surface area contributed by atoms with Gasteiger partial charge in [0.1, 0.15) is 6.61 Å². The summed E-state index contributed by atoms with van der Waals surface area (Å²) in [5.74, 6) is -0.357. The number of amides is 2. The Kier molecular flexibility index (Phi) is 5.57. The third-order valence-electron chi connectivity index (χ3n) is 6.53. The van der Waals surface area contributed by atoms with E-state index in [0.29, 0.717) is 16.9 Å². The molecule has 2 amide bonds. The van der Waals surface area contributed by atoms with Gasteiger partial charge in [0.25, 0.3) is 17.5 Å². The first-order valence-electron chi connectivity index (χ1n) is 10.7. The van der Waals surface area contributed by atoms with Crippen LogP contribution in [-0.4, -0.2) is 35.1 Å². The highest BCUT2D eigenvalue weighted by molar-refractivity contribution is 6.32. The Labute approximate surface area is 199 Å². The van der Waals surface area contributed by atoms with Crippen molar-refractivity contribution >= 4 is 35.3 Å². The fourth-order valence-corrected chi connectivity index (χ4v) is 5.27. The van der Waals surface area contributed by atoms with Gasteiger partial charge in [-0.15, -0.1) is 0 Å². The fraction of sp³-hybridized carbons (Fsp3) is 0.292. The summed E-state index contributed by atoms with van der Waals surface area (Å²) >= 11 is 6.41. The van der Waals surface area contributed by atoms with E-state index in [9.17, 15) is 19.7 Å². The second kappa shape index (κ2) is 8.57. The molecule has 0 N–H and O–H groups in total. The van der Waals surface area contributed by atoms with E-state index >= 15 is 0 Å². The fourth-order valence-electron chi connectivity index (χ4n) is 4.99. The summed E-state index contributed by atoms with van der Waals surface area (Å²) in [6, 6.07) is 9.29. The van der Waals surface area contributed by atoms with Crippen LogP contribution in [0.25, 0.3) is 0 Å². The molecule has 3 aliphatic rings. The number of allylic oxidation sites excluding steroid dienone is 2. The van der Waals surface area contributed by atoms with Crippen LogP contribution in [0, 0.1) is 33.8 Å². The van der Waals surface area contributed by atoms with Crippen molar-refractivity contribution in [2.75, 3.05) is 7.11 Å². The predicted molar refractivity (Wildman–Crippen MR) is 123 cm³/mol. The van der Waals surface area contributed by atoms with Gasteiger partial charge < -0.3 is 9.47 Å². The highest BCUT2D eigenvalue weighted by Gasteiger charge is 2.59. The number of carbonyl (C=O) groups excluding carboxylic acids is 2. The van der Waals surface area contributed by atoms with E-state index in [1.165, 1.54) is 25.5 Å². The van der Waals surface area contributed by atoms with Crippen LogP contribution in [0.3, 0.4) is 0 Å². The minimum Gasteiger partial charge on any atom is -0.493 e. The molecule has 0 radical (unpaired) electrons. The summed E-state index contributed by atoms with van der Waals surface area (Å²) < 4.78 is 11.2. The van der Waals surface area contributed by atoms with E-state index < -0.39 is 4.92 Å². The van der Waals surface area contributed by atoms with Crippen molar-refractivity contribution in [1.82, 2.24) is 5.01 Å². The van der Waals surface area contributed by atoms with Gasteiger partial charge in [-0.3, -0.25) is 19.7 Å². The van der Waals surface area contributed by atoms with Gasteiger partial charge in [0.05, 0.1) is 35.1 Å². The lowest BCUT2D eigenvalue weighted by atomic mass is 9.85. The predicted octanol–water partition coefficient (Wildman–Crippen LogP) is 3.98. The molecule has 1 heterocycles. The van der Waals surface area contributed by atoms with Crippen molar-refractivity contribution in [2.24, 2.45) is 28.8 Å². The largest absolute Gasteiger partial charge is 0.493 e. The monoisotopic (exact) mass is 481 g/mol. The SMILES string of the molecule is COc1cc(C=NN2C(=O)C3C4C=CC(C4)C3C2=O)cc(Cl)c1OCc1cccc([N+](=O)[O-])c1. The molecular formula is C24H20ClN3O6. The number of nitro benzene ring substituents is 1. The van der Waals surface area contributed by atoms with E-state index in [1.807, 2.05) is 12.2 Å². The number of hydrogen-bond donors (Lipinski definition) is 0. The molecule has 0 aromatic heterocycles. The molecule has 5 rings (SSSR count). The zero-order valence-electron chi connectivity index (χ0n) is 18.1. The van der Waals surface area contributed by atoms with E-state index in [-0.39, 0.29) is 58.6 Å². The second-order valence-corrected chi connectivity index (χ2v) is 8.89. The molecule has 174 valence electrons. The number of ether oxygens (including phenoxy) is 2. The average Bonchev–Trinajstić information content (AvgIpc) is 3.51. The summed E-state index contributed by atoms with van der Waals surface area (Å²) in [6.07, 6.45) is 6.31. The molecule has 4 unspecified atom stereocenters. The van der Waals surface area contributed by atoms with E-state index in [2.05, 4.69) is 5.10 Å². The molecule has 4 atom stereocenters. The number of hydrogen-bond acceptors (Lipinski definition) is 7. The first-order valence-corrected chi connectivity index (χ1v) is 11.1. The Balaban J connectivity index is 1.32. The van der Waals surface area contributed by atoms with Crippen LogP contribution in [0.1, 0.15) is 17.5 Å². The van der Waals surface area contributed by atoms with Gasteiger partial charge in [-0.05, 0) is 41.5 Å². The number of non-ortho nitro benzene ring substituents is 1. The second-order valence-electron chi connectivity index (χ2n) is 8.48. The van der Waals surface area contributed by atoms with E-state index in [0.717, 1.165) is 11.4 Å². The normalized spacial score (nSPS) is 24.8. The number of carbonyl (C=O) groups is 2. The van der Waals surface area contributed by atoms with Crippen molar-refractivity contribution in [1.29, 1.82) is 0 Å². The first kappa shape index (κ1) is 22.1. The van der Waals surface area contributed by atoms with Gasteiger partial charge in [0.2, 0.25) is 0 Å². The van der Waals surface area contributed by atoms with Crippen molar-refractivity contribution in [3.63, 3.8) is 0 Å². The van der Waals surface area contributed by atoms with Gasteiger partial charge in [-0.25, -0.2) is 0 Å². The molecule has 1 aliphatic heterocycles. The van der Waals surface area contributed by atoms with Gasteiger partial charge in [0, 0.05) is 12.1 Å². The van der Waals surface area contributed by atoms with Crippen LogP contribution in [-0.2, 0) is 16.2 Å². The van der Waals surface area contributed by atoms with Crippen LogP contribution in [0.15, 0.2) is 53.7 Å². The first-order chi connectivity index (χ1) is 16.4. The molecule has 2 bridgehead atoms. The summed E-state index contributed by atoms with van der Waals surface area (Å²) in [6.45, 7) is 0.0428. The number of imide groups is 1. The molecule has 2 aromatic carbocycles. The van der Waals surface area contributed by atoms with Crippen LogP contribution in [0.4, 0.5) is 5.69 Å². The topological polar surface area (TPSA) is 111 Å². The standard InChI is InChI=1S/C24H20ClN3O6/c1-33-19-9-14(8-18(25)22(19)34-12-13-3-2-4-17(7-13)28(31)32)11-26-27-23(29)20-15-5-6-16(10-15)21(20)24(27)30/h2-9,11,15-16,20-21H,10,12H2,1H3. The lowest BCUT2D eigenvalue weighted by molar-refractivity contribution is -0.384. The summed E-state index contributed by atoms with van der Waals surface area (Å²) in [4.78, 5) is 36.1. The quantitative estimate of drug-likeness (QED) is 0.194. The molecule has 2 fully saturated rings. The maximum atomic E-state index is 12.8. The number of nitro groups is 1. The van der Waals surface area contributed by atoms with Crippen LogP contribution in [0.2, 0.25) is 5.02 Å². The van der Waals surface area contributed by atoms with Crippen molar-refractivity contribution < 1.29 is 24.0 Å². The summed E-state index contributed by atoms with van der Waals surface area (Å²) in [7, 11) is 1.45. The Morgan fingerprint density at radius 2 is 1.88 bits per heavy atom.